The minimum absolute atomic E-state index is 0.121. The van der Waals surface area contributed by atoms with E-state index in [1.165, 1.54) is 64.2 Å². The summed E-state index contributed by atoms with van der Waals surface area (Å²) in [6, 6.07) is 0. The molecular formula is C21H38O2. The lowest BCUT2D eigenvalue weighted by Gasteiger charge is -2.31. The molecule has 0 N–H and O–H groups in total. The normalized spacial score (nSPS) is 31.7. The van der Waals surface area contributed by atoms with Crippen molar-refractivity contribution >= 4 is 5.97 Å². The molecule has 0 spiro atoms. The molecule has 0 aromatic heterocycles. The molecule has 0 amide bonds. The van der Waals surface area contributed by atoms with Gasteiger partial charge in [0.15, 0.2) is 0 Å². The first-order valence-corrected chi connectivity index (χ1v) is 10.4. The topological polar surface area (TPSA) is 26.3 Å². The summed E-state index contributed by atoms with van der Waals surface area (Å²) in [6.07, 6.45) is 17.6. The van der Waals surface area contributed by atoms with Crippen molar-refractivity contribution in [1.82, 2.24) is 0 Å². The molecule has 2 saturated carbocycles. The van der Waals surface area contributed by atoms with Crippen LogP contribution in [0.25, 0.3) is 0 Å². The molecule has 0 saturated heterocycles. The van der Waals surface area contributed by atoms with E-state index in [9.17, 15) is 4.79 Å². The van der Waals surface area contributed by atoms with Crippen LogP contribution in [0.5, 0.6) is 0 Å². The molecule has 2 nitrogen and oxygen atoms in total. The van der Waals surface area contributed by atoms with Crippen LogP contribution in [0.15, 0.2) is 0 Å². The Bertz CT molecular complexity index is 323. The number of carbonyl (C=O) groups excluding carboxylic acids is 1. The Morgan fingerprint density at radius 2 is 1.39 bits per heavy atom. The van der Waals surface area contributed by atoms with Crippen LogP contribution < -0.4 is 0 Å². The summed E-state index contributed by atoms with van der Waals surface area (Å²) >= 11 is 0. The van der Waals surface area contributed by atoms with Crippen LogP contribution in [0, 0.1) is 17.8 Å². The fourth-order valence-electron chi connectivity index (χ4n) is 4.58. The Morgan fingerprint density at radius 1 is 0.783 bits per heavy atom. The summed E-state index contributed by atoms with van der Waals surface area (Å²) in [5.74, 6) is 2.07. The number of esters is 1. The van der Waals surface area contributed by atoms with Crippen LogP contribution in [0.1, 0.15) is 104 Å². The maximum Gasteiger partial charge on any atom is 0.309 e. The third-order valence-corrected chi connectivity index (χ3v) is 6.17. The molecule has 0 atom stereocenters. The smallest absolute Gasteiger partial charge is 0.309 e. The van der Waals surface area contributed by atoms with Crippen molar-refractivity contribution in [1.29, 1.82) is 0 Å². The molecule has 0 aromatic carbocycles. The highest BCUT2D eigenvalue weighted by Crippen LogP contribution is 2.34. The van der Waals surface area contributed by atoms with Crippen molar-refractivity contribution in [3.63, 3.8) is 0 Å². The van der Waals surface area contributed by atoms with E-state index in [0.29, 0.717) is 0 Å². The zero-order valence-corrected chi connectivity index (χ0v) is 15.5. The van der Waals surface area contributed by atoms with Gasteiger partial charge in [0.2, 0.25) is 0 Å². The molecule has 0 bridgehead atoms. The van der Waals surface area contributed by atoms with Gasteiger partial charge in [-0.15, -0.1) is 0 Å². The highest BCUT2D eigenvalue weighted by Gasteiger charge is 2.30. The van der Waals surface area contributed by atoms with Crippen molar-refractivity contribution in [3.8, 4) is 0 Å². The molecule has 0 unspecified atom stereocenters. The van der Waals surface area contributed by atoms with Gasteiger partial charge in [-0.1, -0.05) is 52.4 Å². The van der Waals surface area contributed by atoms with Crippen molar-refractivity contribution < 1.29 is 9.53 Å². The molecule has 2 aliphatic rings. The average molecular weight is 323 g/mol. The van der Waals surface area contributed by atoms with Gasteiger partial charge in [-0.3, -0.25) is 4.79 Å². The molecule has 0 aromatic rings. The van der Waals surface area contributed by atoms with Crippen LogP contribution in [-0.2, 0) is 9.53 Å². The van der Waals surface area contributed by atoms with Crippen LogP contribution in [-0.4, -0.2) is 12.1 Å². The maximum absolute atomic E-state index is 12.4. The van der Waals surface area contributed by atoms with Crippen LogP contribution in [0.4, 0.5) is 0 Å². The van der Waals surface area contributed by atoms with E-state index < -0.39 is 0 Å². The van der Waals surface area contributed by atoms with Gasteiger partial charge in [-0.05, 0) is 63.2 Å². The Hall–Kier alpha value is -0.530. The van der Waals surface area contributed by atoms with Crippen molar-refractivity contribution in [2.75, 3.05) is 0 Å². The zero-order chi connectivity index (χ0) is 16.5. The molecule has 23 heavy (non-hydrogen) atoms. The molecular weight excluding hydrogens is 284 g/mol. The van der Waals surface area contributed by atoms with E-state index >= 15 is 0 Å². The Balaban J connectivity index is 1.62. The number of ether oxygens (including phenoxy) is 1. The standard InChI is InChI=1S/C21H38O2/c1-3-5-6-8-18-9-13-19(14-10-18)21(22)23-20-15-11-17(7-4-2)12-16-20/h17-20H,3-16H2,1-2H3/t17-,18?,19?,20-. The van der Waals surface area contributed by atoms with Gasteiger partial charge in [0.1, 0.15) is 6.10 Å². The van der Waals surface area contributed by atoms with Crippen molar-refractivity contribution in [2.45, 2.75) is 110 Å². The number of hydrogen-bond acceptors (Lipinski definition) is 2. The highest BCUT2D eigenvalue weighted by atomic mass is 16.5. The van der Waals surface area contributed by atoms with Gasteiger partial charge >= 0.3 is 5.97 Å². The number of rotatable bonds is 8. The van der Waals surface area contributed by atoms with Crippen molar-refractivity contribution in [3.05, 3.63) is 0 Å². The summed E-state index contributed by atoms with van der Waals surface area (Å²) in [5.41, 5.74) is 0. The lowest BCUT2D eigenvalue weighted by atomic mass is 9.79. The molecule has 2 heteroatoms. The van der Waals surface area contributed by atoms with Crippen molar-refractivity contribution in [2.24, 2.45) is 17.8 Å². The number of unbranched alkanes of at least 4 members (excludes halogenated alkanes) is 2. The second kappa shape index (κ2) is 10.4. The SMILES string of the molecule is CCCCCC1CCC(C(=O)O[C@H]2CC[C@H](CCC)CC2)CC1. The van der Waals surface area contributed by atoms with E-state index in [0.717, 1.165) is 37.5 Å². The first-order chi connectivity index (χ1) is 11.2. The highest BCUT2D eigenvalue weighted by molar-refractivity contribution is 5.72. The Labute approximate surface area is 143 Å². The minimum Gasteiger partial charge on any atom is -0.462 e. The van der Waals surface area contributed by atoms with Gasteiger partial charge < -0.3 is 4.74 Å². The zero-order valence-electron chi connectivity index (χ0n) is 15.5. The third-order valence-electron chi connectivity index (χ3n) is 6.17. The fraction of sp³-hybridized carbons (Fsp3) is 0.952. The van der Waals surface area contributed by atoms with Gasteiger partial charge in [-0.2, -0.15) is 0 Å². The molecule has 0 heterocycles. The summed E-state index contributed by atoms with van der Waals surface area (Å²) < 4.78 is 5.85. The summed E-state index contributed by atoms with van der Waals surface area (Å²) in [6.45, 7) is 4.54. The quantitative estimate of drug-likeness (QED) is 0.388. The largest absolute Gasteiger partial charge is 0.462 e. The lowest BCUT2D eigenvalue weighted by molar-refractivity contribution is -0.157. The van der Waals surface area contributed by atoms with Crippen LogP contribution >= 0.6 is 0 Å². The molecule has 0 radical (unpaired) electrons. The predicted molar refractivity (Wildman–Crippen MR) is 96.3 cm³/mol. The van der Waals surface area contributed by atoms with E-state index in [1.54, 1.807) is 0 Å². The summed E-state index contributed by atoms with van der Waals surface area (Å²) in [5, 5.41) is 0. The molecule has 134 valence electrons. The minimum atomic E-state index is 0.121. The monoisotopic (exact) mass is 322 g/mol. The van der Waals surface area contributed by atoms with Gasteiger partial charge in [0, 0.05) is 0 Å². The van der Waals surface area contributed by atoms with Gasteiger partial charge in [0.05, 0.1) is 5.92 Å². The maximum atomic E-state index is 12.4. The van der Waals surface area contributed by atoms with E-state index in [-0.39, 0.29) is 18.0 Å². The fourth-order valence-corrected chi connectivity index (χ4v) is 4.58. The van der Waals surface area contributed by atoms with Crippen LogP contribution in [0.2, 0.25) is 0 Å². The van der Waals surface area contributed by atoms with Crippen LogP contribution in [0.3, 0.4) is 0 Å². The Morgan fingerprint density at radius 3 is 2.00 bits per heavy atom. The number of carbonyl (C=O) groups is 1. The molecule has 2 aliphatic carbocycles. The first kappa shape index (κ1) is 18.8. The first-order valence-electron chi connectivity index (χ1n) is 10.4. The molecule has 2 rings (SSSR count). The number of hydrogen-bond donors (Lipinski definition) is 0. The summed E-state index contributed by atoms with van der Waals surface area (Å²) in [4.78, 5) is 12.4. The van der Waals surface area contributed by atoms with Gasteiger partial charge in [-0.25, -0.2) is 0 Å². The van der Waals surface area contributed by atoms with E-state index in [4.69, 9.17) is 4.74 Å². The lowest BCUT2D eigenvalue weighted by Crippen LogP contribution is -2.30. The third kappa shape index (κ3) is 6.47. The average Bonchev–Trinajstić information content (AvgIpc) is 2.58. The molecule has 0 aliphatic heterocycles. The van der Waals surface area contributed by atoms with E-state index in [2.05, 4.69) is 13.8 Å². The summed E-state index contributed by atoms with van der Waals surface area (Å²) in [7, 11) is 0. The second-order valence-corrected chi connectivity index (χ2v) is 8.08. The Kier molecular flexibility index (Phi) is 8.47. The molecule has 2 fully saturated rings. The van der Waals surface area contributed by atoms with E-state index in [1.807, 2.05) is 0 Å². The second-order valence-electron chi connectivity index (χ2n) is 8.08. The van der Waals surface area contributed by atoms with Gasteiger partial charge in [0.25, 0.3) is 0 Å². The predicted octanol–water partition coefficient (Wildman–Crippen LogP) is 6.28.